The first kappa shape index (κ1) is 27.1. The minimum absolute atomic E-state index is 0.0534. The maximum absolute atomic E-state index is 13.4. The van der Waals surface area contributed by atoms with E-state index in [-0.39, 0.29) is 36.3 Å². The second-order valence-corrected chi connectivity index (χ2v) is 10.1. The number of hydrogen-bond donors (Lipinski definition) is 2. The number of anilines is 1. The summed E-state index contributed by atoms with van der Waals surface area (Å²) >= 11 is 1.17. The van der Waals surface area contributed by atoms with Crippen molar-refractivity contribution >= 4 is 51.9 Å². The molecule has 2 N–H and O–H groups in total. The van der Waals surface area contributed by atoms with Crippen LogP contribution in [0.3, 0.4) is 0 Å². The first-order chi connectivity index (χ1) is 19.5. The number of aliphatic imine (C=N–C) groups is 2. The molecule has 0 saturated carbocycles. The highest BCUT2D eigenvalue weighted by Crippen LogP contribution is 2.34. The summed E-state index contributed by atoms with van der Waals surface area (Å²) < 4.78 is 5.44. The molecular weight excluding hydrogens is 526 g/mol. The number of carbonyl (C=O) groups excluding carboxylic acids is 3. The Morgan fingerprint density at radius 1 is 0.975 bits per heavy atom. The Kier molecular flexibility index (Phi) is 8.56. The Bertz CT molecular complexity index is 1460. The number of fused-ring (bicyclic) bond motifs is 3. The number of benzene rings is 3. The summed E-state index contributed by atoms with van der Waals surface area (Å²) in [5, 5.41) is 6.14. The van der Waals surface area contributed by atoms with Gasteiger partial charge in [-0.1, -0.05) is 54.2 Å². The summed E-state index contributed by atoms with van der Waals surface area (Å²) in [6, 6.07) is 23.5. The molecule has 0 bridgehead atoms. The van der Waals surface area contributed by atoms with E-state index in [0.29, 0.717) is 35.5 Å². The maximum Gasteiger partial charge on any atom is 0.259 e. The van der Waals surface area contributed by atoms with E-state index in [1.165, 1.54) is 16.7 Å². The van der Waals surface area contributed by atoms with E-state index in [2.05, 4.69) is 15.6 Å². The first-order valence-electron chi connectivity index (χ1n) is 13.1. The van der Waals surface area contributed by atoms with E-state index in [4.69, 9.17) is 9.73 Å². The molecule has 10 heteroatoms. The highest BCUT2D eigenvalue weighted by atomic mass is 32.2. The first-order valence-corrected chi connectivity index (χ1v) is 14.1. The number of hydrogen-bond acceptors (Lipinski definition) is 7. The predicted molar refractivity (Wildman–Crippen MR) is 157 cm³/mol. The normalized spacial score (nSPS) is 15.5. The van der Waals surface area contributed by atoms with Gasteiger partial charge in [0.15, 0.2) is 5.17 Å². The average Bonchev–Trinajstić information content (AvgIpc) is 3.32. The Hall–Kier alpha value is -4.44. The van der Waals surface area contributed by atoms with Gasteiger partial charge in [-0.05, 0) is 55.3 Å². The van der Waals surface area contributed by atoms with Crippen LogP contribution in [0.25, 0.3) is 0 Å². The van der Waals surface area contributed by atoms with Crippen molar-refractivity contribution in [2.24, 2.45) is 9.98 Å². The van der Waals surface area contributed by atoms with Crippen molar-refractivity contribution in [3.8, 4) is 5.75 Å². The number of nitrogens with one attached hydrogen (secondary N) is 2. The molecule has 0 spiro atoms. The van der Waals surface area contributed by atoms with Gasteiger partial charge in [-0.2, -0.15) is 0 Å². The molecule has 0 radical (unpaired) electrons. The zero-order valence-electron chi connectivity index (χ0n) is 22.0. The lowest BCUT2D eigenvalue weighted by molar-refractivity contribution is -0.125. The SMILES string of the molecule is CCOc1ccc(NC(=O)CSC2=Nc3ccccc3C3=N[C@@H](CCC(=O)NCc4ccccc4)C(=O)N23)cc1. The van der Waals surface area contributed by atoms with Crippen LogP contribution in [0.15, 0.2) is 88.8 Å². The van der Waals surface area contributed by atoms with Crippen LogP contribution in [-0.4, -0.2) is 52.0 Å². The Morgan fingerprint density at radius 2 is 1.73 bits per heavy atom. The lowest BCUT2D eigenvalue weighted by Crippen LogP contribution is -2.41. The zero-order valence-corrected chi connectivity index (χ0v) is 22.8. The second kappa shape index (κ2) is 12.6. The van der Waals surface area contributed by atoms with Crippen molar-refractivity contribution in [1.82, 2.24) is 10.2 Å². The number of ether oxygens (including phenoxy) is 1. The number of carbonyl (C=O) groups is 3. The van der Waals surface area contributed by atoms with Gasteiger partial charge < -0.3 is 15.4 Å². The number of thioether (sulfide) groups is 1. The topological polar surface area (TPSA) is 112 Å². The van der Waals surface area contributed by atoms with Gasteiger partial charge in [-0.15, -0.1) is 0 Å². The summed E-state index contributed by atoms with van der Waals surface area (Å²) in [5.41, 5.74) is 3.08. The number of amides is 3. The van der Waals surface area contributed by atoms with Crippen LogP contribution >= 0.6 is 11.8 Å². The van der Waals surface area contributed by atoms with Gasteiger partial charge in [0.25, 0.3) is 5.91 Å². The van der Waals surface area contributed by atoms with Gasteiger partial charge in [-0.3, -0.25) is 19.4 Å². The largest absolute Gasteiger partial charge is 0.494 e. The number of rotatable bonds is 10. The van der Waals surface area contributed by atoms with Crippen molar-refractivity contribution in [2.75, 3.05) is 17.7 Å². The van der Waals surface area contributed by atoms with Crippen molar-refractivity contribution in [2.45, 2.75) is 32.4 Å². The molecule has 2 heterocycles. The van der Waals surface area contributed by atoms with Crippen LogP contribution in [0.1, 0.15) is 30.9 Å². The summed E-state index contributed by atoms with van der Waals surface area (Å²) in [4.78, 5) is 49.5. The van der Waals surface area contributed by atoms with Gasteiger partial charge in [0.2, 0.25) is 11.8 Å². The molecule has 0 unspecified atom stereocenters. The number of amidine groups is 2. The van der Waals surface area contributed by atoms with Gasteiger partial charge >= 0.3 is 0 Å². The van der Waals surface area contributed by atoms with Crippen molar-refractivity contribution < 1.29 is 19.1 Å². The molecule has 5 rings (SSSR count). The Labute approximate surface area is 236 Å². The Balaban J connectivity index is 1.22. The molecular formula is C30H29N5O4S. The molecule has 2 aliphatic rings. The second-order valence-electron chi connectivity index (χ2n) is 9.15. The van der Waals surface area contributed by atoms with Crippen LogP contribution < -0.4 is 15.4 Å². The third-order valence-electron chi connectivity index (χ3n) is 6.31. The third-order valence-corrected chi connectivity index (χ3v) is 7.25. The van der Waals surface area contributed by atoms with Crippen LogP contribution in [0.4, 0.5) is 11.4 Å². The highest BCUT2D eigenvalue weighted by molar-refractivity contribution is 8.14. The fraction of sp³-hybridized carbons (Fsp3) is 0.233. The summed E-state index contributed by atoms with van der Waals surface area (Å²) in [7, 11) is 0. The van der Waals surface area contributed by atoms with Gasteiger partial charge in [0.1, 0.15) is 17.6 Å². The molecule has 204 valence electrons. The molecule has 9 nitrogen and oxygen atoms in total. The predicted octanol–water partition coefficient (Wildman–Crippen LogP) is 4.51. The fourth-order valence-corrected chi connectivity index (χ4v) is 5.17. The van der Waals surface area contributed by atoms with E-state index in [9.17, 15) is 14.4 Å². The molecule has 3 amide bonds. The van der Waals surface area contributed by atoms with Crippen molar-refractivity contribution in [1.29, 1.82) is 0 Å². The average molecular weight is 556 g/mol. The third kappa shape index (κ3) is 6.40. The molecule has 2 aliphatic heterocycles. The minimum atomic E-state index is -0.702. The lowest BCUT2D eigenvalue weighted by Gasteiger charge is -2.25. The molecule has 0 aromatic heterocycles. The van der Waals surface area contributed by atoms with E-state index in [0.717, 1.165) is 16.9 Å². The Morgan fingerprint density at radius 3 is 2.50 bits per heavy atom. The highest BCUT2D eigenvalue weighted by Gasteiger charge is 2.41. The number of nitrogens with zero attached hydrogens (tertiary/aromatic N) is 3. The van der Waals surface area contributed by atoms with Crippen LogP contribution in [0, 0.1) is 0 Å². The van der Waals surface area contributed by atoms with Crippen molar-refractivity contribution in [3.05, 3.63) is 90.0 Å². The van der Waals surface area contributed by atoms with E-state index in [1.807, 2.05) is 61.5 Å². The standard InChI is InChI=1S/C30H29N5O4S/c1-2-39-22-14-12-21(13-15-22)32-27(37)19-40-30-34-24-11-7-6-10-23(24)28-33-25(29(38)35(28)30)16-17-26(36)31-18-20-8-4-3-5-9-20/h3-15,25H,2,16-19H2,1H3,(H,31,36)(H,32,37)/t25-/m0/s1. The molecule has 3 aromatic rings. The molecule has 3 aromatic carbocycles. The molecule has 1 atom stereocenters. The fourth-order valence-electron chi connectivity index (χ4n) is 4.37. The van der Waals surface area contributed by atoms with E-state index in [1.54, 1.807) is 24.3 Å². The zero-order chi connectivity index (χ0) is 27.9. The number of para-hydroxylation sites is 1. The molecule has 0 saturated heterocycles. The van der Waals surface area contributed by atoms with E-state index < -0.39 is 6.04 Å². The summed E-state index contributed by atoms with van der Waals surface area (Å²) in [6.45, 7) is 2.90. The molecule has 40 heavy (non-hydrogen) atoms. The van der Waals surface area contributed by atoms with Crippen LogP contribution in [0.5, 0.6) is 5.75 Å². The quantitative estimate of drug-likeness (QED) is 0.382. The van der Waals surface area contributed by atoms with Crippen molar-refractivity contribution in [3.63, 3.8) is 0 Å². The monoisotopic (exact) mass is 555 g/mol. The van der Waals surface area contributed by atoms with Gasteiger partial charge in [0, 0.05) is 24.2 Å². The van der Waals surface area contributed by atoms with Crippen LogP contribution in [-0.2, 0) is 20.9 Å². The smallest absolute Gasteiger partial charge is 0.259 e. The minimum Gasteiger partial charge on any atom is -0.494 e. The summed E-state index contributed by atoms with van der Waals surface area (Å²) in [6.07, 6.45) is 0.442. The van der Waals surface area contributed by atoms with Gasteiger partial charge in [-0.25, -0.2) is 9.89 Å². The summed E-state index contributed by atoms with van der Waals surface area (Å²) in [5.74, 6) is 0.660. The van der Waals surface area contributed by atoms with E-state index >= 15 is 0 Å². The molecule has 0 fully saturated rings. The van der Waals surface area contributed by atoms with Gasteiger partial charge in [0.05, 0.1) is 18.0 Å². The lowest BCUT2D eigenvalue weighted by atomic mass is 10.1. The van der Waals surface area contributed by atoms with Crippen LogP contribution in [0.2, 0.25) is 0 Å². The maximum atomic E-state index is 13.4. The molecule has 0 aliphatic carbocycles.